The smallest absolute Gasteiger partial charge is 0.300 e. The van der Waals surface area contributed by atoms with E-state index in [1.54, 1.807) is 25.3 Å². The second-order valence-corrected chi connectivity index (χ2v) is 7.43. The Morgan fingerprint density at radius 1 is 1.35 bits per heavy atom. The van der Waals surface area contributed by atoms with E-state index in [0.29, 0.717) is 17.5 Å². The second-order valence-electron chi connectivity index (χ2n) is 5.74. The van der Waals surface area contributed by atoms with Gasteiger partial charge in [0.1, 0.15) is 5.52 Å². The van der Waals surface area contributed by atoms with E-state index in [1.165, 1.54) is 16.8 Å². The molecule has 1 aromatic carbocycles. The number of rotatable bonds is 3. The van der Waals surface area contributed by atoms with Crippen LogP contribution in [0, 0.1) is 5.92 Å². The van der Waals surface area contributed by atoms with Crippen molar-refractivity contribution < 1.29 is 23.1 Å². The number of carboxylic acid groups (broad SMARTS) is 1. The third kappa shape index (κ3) is 4.64. The molecular formula is C15H19N5O5S. The van der Waals surface area contributed by atoms with Crippen molar-refractivity contribution in [2.24, 2.45) is 18.7 Å². The van der Waals surface area contributed by atoms with Crippen molar-refractivity contribution in [3.8, 4) is 0 Å². The molecule has 2 aromatic rings. The van der Waals surface area contributed by atoms with Crippen LogP contribution in [0.5, 0.6) is 0 Å². The van der Waals surface area contributed by atoms with Gasteiger partial charge in [-0.15, -0.1) is 5.10 Å². The molecule has 1 heterocycles. The number of carboxylic acids is 1. The largest absolute Gasteiger partial charge is 0.481 e. The fourth-order valence-electron chi connectivity index (χ4n) is 2.38. The quantitative estimate of drug-likeness (QED) is 0.615. The topological polar surface area (TPSA) is 157 Å². The molecule has 0 radical (unpaired) electrons. The molecule has 4 N–H and O–H groups in total. The molecule has 1 aliphatic rings. The molecule has 140 valence electrons. The number of carbonyl (C=O) groups is 2. The molecule has 0 fully saturated rings. The van der Waals surface area contributed by atoms with E-state index in [4.69, 9.17) is 15.6 Å². The first kappa shape index (κ1) is 19.5. The van der Waals surface area contributed by atoms with Gasteiger partial charge in [0.05, 0.1) is 16.3 Å². The van der Waals surface area contributed by atoms with Crippen LogP contribution >= 0.6 is 0 Å². The van der Waals surface area contributed by atoms with Crippen molar-refractivity contribution in [1.82, 2.24) is 19.7 Å². The lowest BCUT2D eigenvalue weighted by Crippen LogP contribution is -2.35. The maximum absolute atomic E-state index is 12.3. The molecule has 1 aliphatic carbocycles. The van der Waals surface area contributed by atoms with E-state index < -0.39 is 27.8 Å². The maximum Gasteiger partial charge on any atom is 0.300 e. The van der Waals surface area contributed by atoms with E-state index in [9.17, 15) is 13.2 Å². The molecule has 0 saturated heterocycles. The molecular weight excluding hydrogens is 362 g/mol. The lowest BCUT2D eigenvalue weighted by Gasteiger charge is -2.11. The zero-order valence-electron chi connectivity index (χ0n) is 14.2. The predicted molar refractivity (Wildman–Crippen MR) is 92.4 cm³/mol. The fraction of sp³-hybridized carbons (Fsp3) is 0.333. The highest BCUT2D eigenvalue weighted by Crippen LogP contribution is 2.19. The SMILES string of the molecule is CC(=O)O.Cn1nnc2cc(S(=O)(=O)NC(=O)[C@H]3C=C[C@@H](N)C3)ccc21. The van der Waals surface area contributed by atoms with E-state index in [-0.39, 0.29) is 10.9 Å². The normalized spacial score (nSPS) is 19.0. The number of sulfonamides is 1. The van der Waals surface area contributed by atoms with E-state index >= 15 is 0 Å². The van der Waals surface area contributed by atoms with Crippen LogP contribution in [0.4, 0.5) is 0 Å². The first-order valence-electron chi connectivity index (χ1n) is 7.59. The number of amides is 1. The number of nitrogens with zero attached hydrogens (tertiary/aromatic N) is 3. The van der Waals surface area contributed by atoms with E-state index in [0.717, 1.165) is 6.92 Å². The van der Waals surface area contributed by atoms with Crippen molar-refractivity contribution in [3.05, 3.63) is 30.4 Å². The van der Waals surface area contributed by atoms with Crippen molar-refractivity contribution >= 4 is 32.9 Å². The molecule has 0 bridgehead atoms. The van der Waals surface area contributed by atoms with Gasteiger partial charge in [0, 0.05) is 20.0 Å². The van der Waals surface area contributed by atoms with Gasteiger partial charge in [0.15, 0.2) is 0 Å². The summed E-state index contributed by atoms with van der Waals surface area (Å²) in [6.07, 6.45) is 3.73. The van der Waals surface area contributed by atoms with Crippen molar-refractivity contribution in [3.63, 3.8) is 0 Å². The molecule has 1 amide bonds. The standard InChI is InChI=1S/C13H15N5O3S.C2H4O2/c1-18-12-5-4-10(7-11(12)15-17-18)22(20,21)16-13(19)8-2-3-9(14)6-8;1-2(3)4/h2-5,7-9H,6,14H2,1H3,(H,16,19);1H3,(H,3,4)/t8-,9+;/m0./s1. The number of aliphatic carboxylic acids is 1. The Labute approximate surface area is 149 Å². The zero-order chi connectivity index (χ0) is 19.5. The minimum atomic E-state index is -3.95. The van der Waals surface area contributed by atoms with Gasteiger partial charge in [0.25, 0.3) is 16.0 Å². The minimum absolute atomic E-state index is 0.0277. The molecule has 2 atom stereocenters. The van der Waals surface area contributed by atoms with Gasteiger partial charge in [-0.25, -0.2) is 17.8 Å². The Bertz CT molecular complexity index is 962. The number of aromatic nitrogens is 3. The van der Waals surface area contributed by atoms with Crippen LogP contribution in [0.2, 0.25) is 0 Å². The number of aryl methyl sites for hydroxylation is 1. The number of nitrogens with two attached hydrogens (primary N) is 1. The van der Waals surface area contributed by atoms with Crippen LogP contribution in [-0.4, -0.2) is 46.4 Å². The Hall–Kier alpha value is -2.79. The minimum Gasteiger partial charge on any atom is -0.481 e. The summed E-state index contributed by atoms with van der Waals surface area (Å²) in [5, 5.41) is 15.1. The Morgan fingerprint density at radius 2 is 2.00 bits per heavy atom. The van der Waals surface area contributed by atoms with Crippen molar-refractivity contribution in [1.29, 1.82) is 0 Å². The molecule has 3 rings (SSSR count). The van der Waals surface area contributed by atoms with E-state index in [2.05, 4.69) is 15.0 Å². The lowest BCUT2D eigenvalue weighted by atomic mass is 10.1. The zero-order valence-corrected chi connectivity index (χ0v) is 15.0. The third-order valence-corrected chi connectivity index (χ3v) is 4.93. The molecule has 11 heteroatoms. The first-order valence-corrected chi connectivity index (χ1v) is 9.08. The highest BCUT2D eigenvalue weighted by molar-refractivity contribution is 7.90. The number of benzene rings is 1. The molecule has 0 unspecified atom stereocenters. The summed E-state index contributed by atoms with van der Waals surface area (Å²) >= 11 is 0. The average molecular weight is 381 g/mol. The number of hydrogen-bond donors (Lipinski definition) is 3. The highest BCUT2D eigenvalue weighted by Gasteiger charge is 2.27. The first-order chi connectivity index (χ1) is 12.1. The summed E-state index contributed by atoms with van der Waals surface area (Å²) in [4.78, 5) is 21.0. The Morgan fingerprint density at radius 3 is 2.58 bits per heavy atom. The van der Waals surface area contributed by atoms with Crippen molar-refractivity contribution in [2.75, 3.05) is 0 Å². The molecule has 1 aromatic heterocycles. The summed E-state index contributed by atoms with van der Waals surface area (Å²) in [7, 11) is -2.24. The van der Waals surface area contributed by atoms with Crippen LogP contribution in [0.15, 0.2) is 35.2 Å². The summed E-state index contributed by atoms with van der Waals surface area (Å²) in [5.74, 6) is -1.94. The van der Waals surface area contributed by atoms with Crippen LogP contribution in [-0.2, 0) is 26.7 Å². The summed E-state index contributed by atoms with van der Waals surface area (Å²) < 4.78 is 28.2. The van der Waals surface area contributed by atoms with Crippen LogP contribution in [0.3, 0.4) is 0 Å². The van der Waals surface area contributed by atoms with Gasteiger partial charge < -0.3 is 10.8 Å². The third-order valence-electron chi connectivity index (χ3n) is 3.58. The number of nitrogens with one attached hydrogen (secondary N) is 1. The second kappa shape index (κ2) is 7.62. The van der Waals surface area contributed by atoms with Crippen LogP contribution in [0.25, 0.3) is 11.0 Å². The number of hydrogen-bond acceptors (Lipinski definition) is 7. The monoisotopic (exact) mass is 381 g/mol. The molecule has 0 aliphatic heterocycles. The molecule has 0 spiro atoms. The number of fused-ring (bicyclic) bond motifs is 1. The Balaban J connectivity index is 0.000000552. The van der Waals surface area contributed by atoms with Gasteiger partial charge in [0.2, 0.25) is 5.91 Å². The van der Waals surface area contributed by atoms with Crippen LogP contribution < -0.4 is 10.5 Å². The van der Waals surface area contributed by atoms with E-state index in [1.807, 2.05) is 0 Å². The van der Waals surface area contributed by atoms with Crippen LogP contribution in [0.1, 0.15) is 13.3 Å². The summed E-state index contributed by atoms with van der Waals surface area (Å²) in [6.45, 7) is 1.08. The van der Waals surface area contributed by atoms with Gasteiger partial charge in [-0.3, -0.25) is 9.59 Å². The Kier molecular flexibility index (Phi) is 5.73. The van der Waals surface area contributed by atoms with Gasteiger partial charge in [-0.05, 0) is 24.6 Å². The average Bonchev–Trinajstić information content (AvgIpc) is 3.13. The van der Waals surface area contributed by atoms with Gasteiger partial charge in [-0.2, -0.15) is 0 Å². The molecule has 26 heavy (non-hydrogen) atoms. The van der Waals surface area contributed by atoms with Gasteiger partial charge in [-0.1, -0.05) is 17.4 Å². The lowest BCUT2D eigenvalue weighted by molar-refractivity contribution is -0.134. The maximum atomic E-state index is 12.3. The summed E-state index contributed by atoms with van der Waals surface area (Å²) in [5.41, 5.74) is 6.82. The number of carbonyl (C=O) groups excluding carboxylic acids is 1. The molecule has 0 saturated carbocycles. The fourth-order valence-corrected chi connectivity index (χ4v) is 3.42. The molecule has 10 nitrogen and oxygen atoms in total. The summed E-state index contributed by atoms with van der Waals surface area (Å²) in [6, 6.07) is 4.18. The van der Waals surface area contributed by atoms with Crippen molar-refractivity contribution in [2.45, 2.75) is 24.3 Å². The van der Waals surface area contributed by atoms with Gasteiger partial charge >= 0.3 is 0 Å². The highest BCUT2D eigenvalue weighted by atomic mass is 32.2. The predicted octanol–water partition coefficient (Wildman–Crippen LogP) is -0.232.